The maximum absolute atomic E-state index is 13.4. The summed E-state index contributed by atoms with van der Waals surface area (Å²) < 4.78 is 0. The van der Waals surface area contributed by atoms with Gasteiger partial charge in [0.25, 0.3) is 11.8 Å². The Morgan fingerprint density at radius 2 is 0.848 bits per heavy atom. The van der Waals surface area contributed by atoms with Crippen LogP contribution in [-0.4, -0.2) is 36.3 Å². The number of hydrazone groups is 2. The van der Waals surface area contributed by atoms with Gasteiger partial charge in [-0.2, -0.15) is 10.2 Å². The van der Waals surface area contributed by atoms with E-state index >= 15 is 0 Å². The first kappa shape index (κ1) is 45.7. The van der Waals surface area contributed by atoms with Crippen molar-refractivity contribution in [1.29, 1.82) is 0 Å². The van der Waals surface area contributed by atoms with Crippen LogP contribution < -0.4 is 30.9 Å². The molecular weight excluding hydrogens is 957 g/mol. The molecule has 0 saturated heterocycles. The van der Waals surface area contributed by atoms with Crippen molar-refractivity contribution in [3.05, 3.63) is 186 Å². The van der Waals surface area contributed by atoms with Crippen LogP contribution in [0.4, 0.5) is 22.7 Å². The smallest absolute Gasteiger partial charge is 0.285 e. The first-order chi connectivity index (χ1) is 31.8. The minimum absolute atomic E-state index is 0.198. The number of carbonyl (C=O) groups is 2. The van der Waals surface area contributed by atoms with Crippen molar-refractivity contribution in [3.63, 3.8) is 0 Å². The van der Waals surface area contributed by atoms with Crippen LogP contribution in [-0.2, 0) is 22.4 Å². The molecule has 6 aromatic carbocycles. The van der Waals surface area contributed by atoms with E-state index in [0.29, 0.717) is 52.9 Å². The molecule has 10 rings (SSSR count). The van der Waals surface area contributed by atoms with Gasteiger partial charge >= 0.3 is 0 Å². The van der Waals surface area contributed by atoms with Gasteiger partial charge in [-0.25, -0.2) is 0 Å². The Labute approximate surface area is 413 Å². The van der Waals surface area contributed by atoms with Gasteiger partial charge in [0, 0.05) is 45.0 Å². The number of halogens is 6. The summed E-state index contributed by atoms with van der Waals surface area (Å²) in [5.41, 5.74) is 14.8. The summed E-state index contributed by atoms with van der Waals surface area (Å²) in [6.45, 7) is 5.44. The Balaban J connectivity index is 0.000000166. The van der Waals surface area contributed by atoms with Gasteiger partial charge in [0.05, 0.1) is 44.9 Å². The van der Waals surface area contributed by atoms with Crippen molar-refractivity contribution >= 4 is 116 Å². The summed E-state index contributed by atoms with van der Waals surface area (Å²) >= 11 is 37.5. The van der Waals surface area contributed by atoms with Crippen LogP contribution in [0.3, 0.4) is 0 Å². The van der Waals surface area contributed by atoms with Crippen molar-refractivity contribution in [1.82, 2.24) is 10.9 Å². The summed E-state index contributed by atoms with van der Waals surface area (Å²) in [6, 6.07) is 41.4. The fourth-order valence-corrected chi connectivity index (χ4v) is 10.2. The average Bonchev–Trinajstić information content (AvgIpc) is 4.08. The van der Waals surface area contributed by atoms with Gasteiger partial charge in [0.15, 0.2) is 0 Å². The Morgan fingerprint density at radius 1 is 0.485 bits per heavy atom. The molecule has 6 aromatic rings. The topological polar surface area (TPSA) is 95.9 Å². The molecule has 0 aromatic heterocycles. The molecule has 0 unspecified atom stereocenters. The normalized spacial score (nSPS) is 19.5. The second-order valence-corrected chi connectivity index (χ2v) is 18.9. The largest absolute Gasteiger partial charge is 0.286 e. The highest BCUT2D eigenvalue weighted by Gasteiger charge is 2.42. The quantitative estimate of drug-likeness (QED) is 0.158. The fraction of sp³-hybridized carbons (Fsp3) is 0.200. The van der Waals surface area contributed by atoms with Gasteiger partial charge in [-0.15, -0.1) is 0 Å². The zero-order valence-corrected chi connectivity index (χ0v) is 40.1. The van der Waals surface area contributed by atoms with Crippen LogP contribution in [0, 0.1) is 11.8 Å². The minimum Gasteiger partial charge on any atom is -0.285 e. The highest BCUT2D eigenvalue weighted by molar-refractivity contribution is 6.42. The first-order valence-corrected chi connectivity index (χ1v) is 23.6. The number of fused-ring (bicyclic) bond motifs is 2. The third kappa shape index (κ3) is 9.28. The van der Waals surface area contributed by atoms with Crippen molar-refractivity contribution < 1.29 is 9.59 Å². The Hall–Kier alpha value is -5.46. The van der Waals surface area contributed by atoms with E-state index in [-0.39, 0.29) is 35.7 Å². The van der Waals surface area contributed by atoms with Crippen LogP contribution in [0.15, 0.2) is 144 Å². The lowest BCUT2D eigenvalue weighted by Crippen LogP contribution is -2.45. The summed E-state index contributed by atoms with van der Waals surface area (Å²) in [5, 5.41) is 20.2. The van der Waals surface area contributed by atoms with Crippen molar-refractivity contribution in [2.45, 2.75) is 38.8 Å². The lowest BCUT2D eigenvalue weighted by Gasteiger charge is -2.27. The van der Waals surface area contributed by atoms with Gasteiger partial charge < -0.3 is 0 Å². The lowest BCUT2D eigenvalue weighted by molar-refractivity contribution is -0.116. The van der Waals surface area contributed by atoms with E-state index < -0.39 is 0 Å². The van der Waals surface area contributed by atoms with Gasteiger partial charge in [-0.1, -0.05) is 144 Å². The molecule has 0 spiro atoms. The van der Waals surface area contributed by atoms with E-state index in [1.165, 1.54) is 11.1 Å². The molecule has 0 bridgehead atoms. The van der Waals surface area contributed by atoms with Crippen LogP contribution in [0.5, 0.6) is 0 Å². The van der Waals surface area contributed by atoms with Crippen molar-refractivity contribution in [2.24, 2.45) is 22.0 Å². The first-order valence-electron chi connectivity index (χ1n) is 21.3. The monoisotopic (exact) mass is 996 g/mol. The number of carbonyl (C=O) groups excluding carboxylic acids is 2. The van der Waals surface area contributed by atoms with Crippen molar-refractivity contribution in [2.75, 3.05) is 33.1 Å². The predicted molar refractivity (Wildman–Crippen MR) is 271 cm³/mol. The summed E-state index contributed by atoms with van der Waals surface area (Å²) in [4.78, 5) is 26.8. The SMILES string of the molecule is C[C@@H]1C(C(=O)NN2CCc3ccccc32)=NN(c2ccc(Cl)cc2Cl)[C@@H]1c1ccc(Cl)cc1.C[C@@H]1C(C(=O)NN2CCc3ccccc32)=NN(c2ccc(Cl)cc2Cl)[C@H]1c1ccc(Cl)cc1. The molecule has 0 fully saturated rings. The minimum atomic E-state index is -0.231. The zero-order chi connectivity index (χ0) is 46.2. The third-order valence-corrected chi connectivity index (χ3v) is 13.8. The Bertz CT molecular complexity index is 2680. The molecule has 4 heterocycles. The molecule has 4 aliphatic heterocycles. The Kier molecular flexibility index (Phi) is 13.4. The lowest BCUT2D eigenvalue weighted by atomic mass is 9.91. The molecule has 0 aliphatic carbocycles. The molecule has 66 heavy (non-hydrogen) atoms. The van der Waals surface area contributed by atoms with E-state index in [9.17, 15) is 9.59 Å². The highest BCUT2D eigenvalue weighted by Crippen LogP contribution is 2.44. The van der Waals surface area contributed by atoms with Crippen molar-refractivity contribution in [3.8, 4) is 0 Å². The number of amides is 2. The molecule has 10 nitrogen and oxygen atoms in total. The van der Waals surface area contributed by atoms with Crippen LogP contribution in [0.2, 0.25) is 30.1 Å². The molecule has 2 amide bonds. The van der Waals surface area contributed by atoms with E-state index in [2.05, 4.69) is 23.0 Å². The van der Waals surface area contributed by atoms with E-state index in [1.54, 1.807) is 34.3 Å². The maximum atomic E-state index is 13.4. The second kappa shape index (κ2) is 19.4. The van der Waals surface area contributed by atoms with E-state index in [0.717, 1.165) is 48.4 Å². The second-order valence-electron chi connectivity index (χ2n) is 16.4. The van der Waals surface area contributed by atoms with Gasteiger partial charge in [0.1, 0.15) is 11.4 Å². The highest BCUT2D eigenvalue weighted by atomic mass is 35.5. The molecule has 4 aliphatic rings. The number of nitrogens with zero attached hydrogens (tertiary/aromatic N) is 6. The molecule has 4 atom stereocenters. The van der Waals surface area contributed by atoms with E-state index in [4.69, 9.17) is 79.8 Å². The number of hydrazine groups is 2. The van der Waals surface area contributed by atoms with Crippen LogP contribution >= 0.6 is 69.6 Å². The molecular formula is C50H42Cl6N8O2. The number of hydrogen-bond donors (Lipinski definition) is 2. The summed E-state index contributed by atoms with van der Waals surface area (Å²) in [6.07, 6.45) is 1.77. The predicted octanol–water partition coefficient (Wildman–Crippen LogP) is 12.6. The number of hydrogen-bond acceptors (Lipinski definition) is 8. The molecule has 0 saturated carbocycles. The number of anilines is 4. The summed E-state index contributed by atoms with van der Waals surface area (Å²) in [5.74, 6) is -0.858. The zero-order valence-electron chi connectivity index (χ0n) is 35.6. The molecule has 16 heteroatoms. The Morgan fingerprint density at radius 3 is 1.23 bits per heavy atom. The number of benzene rings is 6. The number of nitrogens with one attached hydrogen (secondary N) is 2. The molecule has 336 valence electrons. The van der Waals surface area contributed by atoms with Gasteiger partial charge in [-0.05, 0) is 108 Å². The summed E-state index contributed by atoms with van der Waals surface area (Å²) in [7, 11) is 0. The maximum Gasteiger partial charge on any atom is 0.286 e. The van der Waals surface area contributed by atoms with E-state index in [1.807, 2.05) is 121 Å². The van der Waals surface area contributed by atoms with Gasteiger partial charge in [-0.3, -0.25) is 40.5 Å². The van der Waals surface area contributed by atoms with Gasteiger partial charge in [0.2, 0.25) is 0 Å². The number of para-hydroxylation sites is 2. The molecule has 2 N–H and O–H groups in total. The fourth-order valence-electron chi connectivity index (χ4n) is 8.96. The standard InChI is InChI=1S/2C25H21Cl3N4O/c2*1-15-23(25(33)30-31-13-12-16-4-2-3-5-21(16)31)29-32(22-11-10-19(27)14-20(22)28)24(15)17-6-8-18(26)9-7-17/h2*2-11,14-15,24H,12-13H2,1H3,(H,30,33)/t15-,24+;15-,24-/m11/s1. The average molecular weight is 1000 g/mol. The number of rotatable bonds is 8. The van der Waals surface area contributed by atoms with Crippen LogP contribution in [0.25, 0.3) is 0 Å². The molecule has 0 radical (unpaired) electrons. The van der Waals surface area contributed by atoms with Crippen LogP contribution in [0.1, 0.15) is 48.2 Å². The third-order valence-electron chi connectivity index (χ3n) is 12.2.